The summed E-state index contributed by atoms with van der Waals surface area (Å²) in [6, 6.07) is 9.84. The number of nitrogens with zero attached hydrogens (tertiary/aromatic N) is 4. The second-order valence-electron chi connectivity index (χ2n) is 8.80. The highest BCUT2D eigenvalue weighted by molar-refractivity contribution is 6.05. The molecule has 1 atom stereocenters. The summed E-state index contributed by atoms with van der Waals surface area (Å²) in [4.78, 5) is 24.0. The Morgan fingerprint density at radius 1 is 1.25 bits per heavy atom. The first kappa shape index (κ1) is 21.0. The number of hydrogen-bond acceptors (Lipinski definition) is 7. The van der Waals surface area contributed by atoms with Crippen LogP contribution in [0.25, 0.3) is 10.8 Å². The van der Waals surface area contributed by atoms with Gasteiger partial charge in [0.05, 0.1) is 5.60 Å². The van der Waals surface area contributed by atoms with Crippen LogP contribution in [0.4, 0.5) is 0 Å². The van der Waals surface area contributed by atoms with Crippen LogP contribution in [0.1, 0.15) is 47.9 Å². The van der Waals surface area contributed by atoms with Gasteiger partial charge in [-0.25, -0.2) is 0 Å². The maximum Gasteiger partial charge on any atom is 0.273 e. The van der Waals surface area contributed by atoms with E-state index in [1.54, 1.807) is 13.3 Å². The lowest BCUT2D eigenvalue weighted by Gasteiger charge is -2.46. The summed E-state index contributed by atoms with van der Waals surface area (Å²) < 4.78 is 16.7. The highest BCUT2D eigenvalue weighted by atomic mass is 16.5. The van der Waals surface area contributed by atoms with Crippen LogP contribution in [0.5, 0.6) is 0 Å². The molecule has 0 radical (unpaired) electrons. The van der Waals surface area contributed by atoms with Crippen molar-refractivity contribution in [2.24, 2.45) is 5.92 Å². The minimum absolute atomic E-state index is 0.000502. The molecule has 2 aliphatic heterocycles. The van der Waals surface area contributed by atoms with Crippen molar-refractivity contribution in [1.29, 1.82) is 0 Å². The van der Waals surface area contributed by atoms with Crippen molar-refractivity contribution in [2.45, 2.75) is 44.3 Å². The first-order valence-corrected chi connectivity index (χ1v) is 11.2. The highest BCUT2D eigenvalue weighted by Crippen LogP contribution is 2.39. The Morgan fingerprint density at radius 3 is 2.94 bits per heavy atom. The molecule has 3 aromatic rings. The van der Waals surface area contributed by atoms with Crippen LogP contribution in [0.15, 0.2) is 41.1 Å². The first-order valence-electron chi connectivity index (χ1n) is 11.2. The summed E-state index contributed by atoms with van der Waals surface area (Å²) in [5, 5.41) is 5.90. The van der Waals surface area contributed by atoms with Gasteiger partial charge < -0.3 is 18.9 Å². The quantitative estimate of drug-likeness (QED) is 0.605. The van der Waals surface area contributed by atoms with E-state index >= 15 is 0 Å². The molecule has 0 aliphatic carbocycles. The van der Waals surface area contributed by atoms with Gasteiger partial charge in [-0.15, -0.1) is 0 Å². The molecule has 2 fully saturated rings. The van der Waals surface area contributed by atoms with Crippen LogP contribution in [-0.2, 0) is 22.5 Å². The van der Waals surface area contributed by atoms with E-state index in [1.807, 2.05) is 35.2 Å². The first-order chi connectivity index (χ1) is 15.7. The molecule has 1 amide bonds. The van der Waals surface area contributed by atoms with Crippen molar-refractivity contribution < 1.29 is 18.8 Å². The standard InChI is InChI=1S/C24H28N4O4/c1-30-16-20-26-21(32-27-20)14-17-7-13-31-24(15-17)8-11-28(12-9-24)23(29)22-19-5-3-2-4-18(19)6-10-25-22/h2-6,10,17H,7-9,11-16H2,1H3. The summed E-state index contributed by atoms with van der Waals surface area (Å²) >= 11 is 0. The molecule has 2 aliphatic rings. The van der Waals surface area contributed by atoms with E-state index < -0.39 is 0 Å². The van der Waals surface area contributed by atoms with Crippen molar-refractivity contribution >= 4 is 16.7 Å². The van der Waals surface area contributed by atoms with E-state index in [1.165, 1.54) is 0 Å². The van der Waals surface area contributed by atoms with Gasteiger partial charge in [0.25, 0.3) is 5.91 Å². The lowest BCUT2D eigenvalue weighted by Crippen LogP contribution is -2.51. The Balaban J connectivity index is 1.22. The molecule has 0 saturated carbocycles. The maximum absolute atomic E-state index is 13.2. The predicted octanol–water partition coefficient (Wildman–Crippen LogP) is 3.41. The summed E-state index contributed by atoms with van der Waals surface area (Å²) in [5.41, 5.74) is 0.353. The molecular formula is C24H28N4O4. The summed E-state index contributed by atoms with van der Waals surface area (Å²) in [7, 11) is 1.62. The molecule has 2 aromatic heterocycles. The van der Waals surface area contributed by atoms with Crippen LogP contribution < -0.4 is 0 Å². The number of likely N-dealkylation sites (tertiary alicyclic amines) is 1. The normalized spacial score (nSPS) is 20.7. The van der Waals surface area contributed by atoms with Gasteiger partial charge in [0.15, 0.2) is 5.82 Å². The number of piperidine rings is 1. The van der Waals surface area contributed by atoms with E-state index in [4.69, 9.17) is 14.0 Å². The summed E-state index contributed by atoms with van der Waals surface area (Å²) in [5.74, 6) is 1.68. The average molecular weight is 437 g/mol. The second-order valence-corrected chi connectivity index (χ2v) is 8.80. The molecule has 32 heavy (non-hydrogen) atoms. The lowest BCUT2D eigenvalue weighted by molar-refractivity contribution is -0.124. The third-order valence-electron chi connectivity index (χ3n) is 6.68. The molecule has 8 nitrogen and oxygen atoms in total. The zero-order valence-electron chi connectivity index (χ0n) is 18.3. The summed E-state index contributed by atoms with van der Waals surface area (Å²) in [6.07, 6.45) is 6.06. The Kier molecular flexibility index (Phi) is 5.89. The topological polar surface area (TPSA) is 90.6 Å². The van der Waals surface area contributed by atoms with E-state index in [0.717, 1.165) is 49.5 Å². The number of benzene rings is 1. The second kappa shape index (κ2) is 8.96. The minimum atomic E-state index is -0.179. The molecule has 1 spiro atoms. The third-order valence-corrected chi connectivity index (χ3v) is 6.68. The fourth-order valence-electron chi connectivity index (χ4n) is 5.02. The molecule has 8 heteroatoms. The number of carbonyl (C=O) groups excluding carboxylic acids is 1. The predicted molar refractivity (Wildman–Crippen MR) is 117 cm³/mol. The Labute approximate surface area is 186 Å². The molecule has 5 rings (SSSR count). The fraction of sp³-hybridized carbons (Fsp3) is 0.500. The smallest absolute Gasteiger partial charge is 0.273 e. The number of hydrogen-bond donors (Lipinski definition) is 0. The largest absolute Gasteiger partial charge is 0.377 e. The van der Waals surface area contributed by atoms with Crippen LogP contribution in [0.3, 0.4) is 0 Å². The van der Waals surface area contributed by atoms with Crippen molar-refractivity contribution in [1.82, 2.24) is 20.0 Å². The fourth-order valence-corrected chi connectivity index (χ4v) is 5.02. The molecule has 1 unspecified atom stereocenters. The molecule has 0 N–H and O–H groups in total. The van der Waals surface area contributed by atoms with Gasteiger partial charge in [-0.3, -0.25) is 9.78 Å². The zero-order valence-corrected chi connectivity index (χ0v) is 18.3. The van der Waals surface area contributed by atoms with E-state index in [0.29, 0.717) is 43.0 Å². The van der Waals surface area contributed by atoms with Gasteiger partial charge in [-0.05, 0) is 43.1 Å². The zero-order chi connectivity index (χ0) is 22.0. The number of pyridine rings is 1. The van der Waals surface area contributed by atoms with Gasteiger partial charge in [0.2, 0.25) is 5.89 Å². The molecule has 0 bridgehead atoms. The lowest BCUT2D eigenvalue weighted by atomic mass is 9.78. The molecule has 4 heterocycles. The Morgan fingerprint density at radius 2 is 2.09 bits per heavy atom. The number of rotatable bonds is 5. The van der Waals surface area contributed by atoms with Crippen LogP contribution in [0, 0.1) is 5.92 Å². The van der Waals surface area contributed by atoms with Crippen molar-refractivity contribution in [3.8, 4) is 0 Å². The Bertz CT molecular complexity index is 1090. The van der Waals surface area contributed by atoms with Crippen molar-refractivity contribution in [2.75, 3.05) is 26.8 Å². The molecule has 1 aromatic carbocycles. The van der Waals surface area contributed by atoms with Crippen LogP contribution in [-0.4, -0.2) is 58.3 Å². The van der Waals surface area contributed by atoms with Gasteiger partial charge >= 0.3 is 0 Å². The van der Waals surface area contributed by atoms with Crippen molar-refractivity contribution in [3.63, 3.8) is 0 Å². The number of fused-ring (bicyclic) bond motifs is 1. The number of amides is 1. The SMILES string of the molecule is COCc1noc(CC2CCOC3(CCN(C(=O)c4nccc5ccccc45)CC3)C2)n1. The number of ether oxygens (including phenoxy) is 2. The minimum Gasteiger partial charge on any atom is -0.377 e. The maximum atomic E-state index is 13.2. The van der Waals surface area contributed by atoms with E-state index in [2.05, 4.69) is 15.1 Å². The van der Waals surface area contributed by atoms with Crippen LogP contribution >= 0.6 is 0 Å². The van der Waals surface area contributed by atoms with Crippen LogP contribution in [0.2, 0.25) is 0 Å². The average Bonchev–Trinajstić information content (AvgIpc) is 3.26. The third kappa shape index (κ3) is 4.25. The number of aromatic nitrogens is 3. The Hall–Kier alpha value is -2.84. The molecule has 2 saturated heterocycles. The van der Waals surface area contributed by atoms with E-state index in [9.17, 15) is 4.79 Å². The summed E-state index contributed by atoms with van der Waals surface area (Å²) in [6.45, 7) is 2.43. The van der Waals surface area contributed by atoms with E-state index in [-0.39, 0.29) is 11.5 Å². The number of carbonyl (C=O) groups is 1. The monoisotopic (exact) mass is 436 g/mol. The molecular weight excluding hydrogens is 408 g/mol. The van der Waals surface area contributed by atoms with Gasteiger partial charge in [-0.2, -0.15) is 4.98 Å². The molecule has 168 valence electrons. The van der Waals surface area contributed by atoms with Gasteiger partial charge in [0, 0.05) is 44.8 Å². The van der Waals surface area contributed by atoms with Gasteiger partial charge in [-0.1, -0.05) is 29.4 Å². The highest BCUT2D eigenvalue weighted by Gasteiger charge is 2.41. The van der Waals surface area contributed by atoms with Gasteiger partial charge in [0.1, 0.15) is 12.3 Å². The number of methoxy groups -OCH3 is 1. The van der Waals surface area contributed by atoms with Crippen molar-refractivity contribution in [3.05, 3.63) is 53.9 Å².